The number of nitrogens with zero attached hydrogens (tertiary/aromatic N) is 2. The Morgan fingerprint density at radius 1 is 1.29 bits per heavy atom. The summed E-state index contributed by atoms with van der Waals surface area (Å²) in [6, 6.07) is 10.1. The van der Waals surface area contributed by atoms with Crippen molar-refractivity contribution in [2.24, 2.45) is 0 Å². The first-order valence-electron chi connectivity index (χ1n) is 7.55. The lowest BCUT2D eigenvalue weighted by Gasteiger charge is -2.35. The smallest absolute Gasteiger partial charge is 0.258 e. The highest BCUT2D eigenvalue weighted by molar-refractivity contribution is 6.07. The molecular formula is C18H13FN2O3. The van der Waals surface area contributed by atoms with Gasteiger partial charge in [0.05, 0.1) is 17.8 Å². The van der Waals surface area contributed by atoms with Crippen molar-refractivity contribution in [1.29, 1.82) is 5.26 Å². The van der Waals surface area contributed by atoms with Gasteiger partial charge in [0.25, 0.3) is 5.91 Å². The maximum atomic E-state index is 13.6. The van der Waals surface area contributed by atoms with Gasteiger partial charge in [-0.05, 0) is 43.2 Å². The molecule has 1 saturated carbocycles. The van der Waals surface area contributed by atoms with E-state index >= 15 is 0 Å². The lowest BCUT2D eigenvalue weighted by Crippen LogP contribution is -2.45. The zero-order valence-corrected chi connectivity index (χ0v) is 12.6. The molecule has 0 bridgehead atoms. The monoisotopic (exact) mass is 324 g/mol. The van der Waals surface area contributed by atoms with Gasteiger partial charge in [-0.1, -0.05) is 0 Å². The summed E-state index contributed by atoms with van der Waals surface area (Å²) in [6.07, 6.45) is 1.68. The molecule has 4 rings (SSSR count). The first-order valence-corrected chi connectivity index (χ1v) is 7.55. The molecule has 5 nitrogen and oxygen atoms in total. The first kappa shape index (κ1) is 14.5. The number of rotatable bonds is 1. The van der Waals surface area contributed by atoms with Crippen molar-refractivity contribution in [3.8, 4) is 17.6 Å². The molecule has 1 heterocycles. The number of carbonyl (C=O) groups is 1. The van der Waals surface area contributed by atoms with Crippen LogP contribution in [0, 0.1) is 17.1 Å². The van der Waals surface area contributed by atoms with Crippen LogP contribution in [0.2, 0.25) is 0 Å². The number of phenolic OH excluding ortho intramolecular Hbond substituents is 1. The Kier molecular flexibility index (Phi) is 3.00. The van der Waals surface area contributed by atoms with E-state index in [9.17, 15) is 14.3 Å². The Hall–Kier alpha value is -3.07. The van der Waals surface area contributed by atoms with Crippen LogP contribution in [0.25, 0.3) is 0 Å². The van der Waals surface area contributed by atoms with Gasteiger partial charge < -0.3 is 14.7 Å². The lowest BCUT2D eigenvalue weighted by atomic mass is 10.1. The minimum atomic E-state index is -0.453. The Bertz CT molecular complexity index is 900. The molecule has 1 amide bonds. The van der Waals surface area contributed by atoms with Crippen LogP contribution in [-0.4, -0.2) is 23.2 Å². The summed E-state index contributed by atoms with van der Waals surface area (Å²) in [5, 5.41) is 18.6. The number of amides is 1. The van der Waals surface area contributed by atoms with Gasteiger partial charge in [0.2, 0.25) is 0 Å². The van der Waals surface area contributed by atoms with Crippen LogP contribution in [0.1, 0.15) is 28.8 Å². The van der Waals surface area contributed by atoms with Gasteiger partial charge in [-0.15, -0.1) is 0 Å². The number of aromatic hydroxyl groups is 1. The summed E-state index contributed by atoms with van der Waals surface area (Å²) in [4.78, 5) is 14.4. The van der Waals surface area contributed by atoms with Crippen LogP contribution in [0.4, 0.5) is 10.1 Å². The topological polar surface area (TPSA) is 73.6 Å². The Morgan fingerprint density at radius 2 is 2.08 bits per heavy atom. The van der Waals surface area contributed by atoms with E-state index in [-0.39, 0.29) is 22.8 Å². The van der Waals surface area contributed by atoms with Crippen molar-refractivity contribution < 1.29 is 19.0 Å². The van der Waals surface area contributed by atoms with E-state index in [0.717, 1.165) is 12.8 Å². The molecule has 2 aromatic carbocycles. The zero-order chi connectivity index (χ0) is 16.9. The largest absolute Gasteiger partial charge is 0.507 e. The summed E-state index contributed by atoms with van der Waals surface area (Å²) in [7, 11) is 0. The summed E-state index contributed by atoms with van der Waals surface area (Å²) in [5.74, 6) is -0.507. The number of hydrogen-bond acceptors (Lipinski definition) is 4. The zero-order valence-electron chi connectivity index (χ0n) is 12.6. The van der Waals surface area contributed by atoms with Crippen LogP contribution < -0.4 is 9.64 Å². The fourth-order valence-corrected chi connectivity index (χ4v) is 2.92. The minimum Gasteiger partial charge on any atom is -0.507 e. The predicted octanol–water partition coefficient (Wildman–Crippen LogP) is 2.97. The van der Waals surface area contributed by atoms with Crippen molar-refractivity contribution in [2.75, 3.05) is 11.4 Å². The van der Waals surface area contributed by atoms with E-state index in [1.165, 1.54) is 41.3 Å². The van der Waals surface area contributed by atoms with Crippen LogP contribution >= 0.6 is 0 Å². The molecular weight excluding hydrogens is 311 g/mol. The van der Waals surface area contributed by atoms with Crippen molar-refractivity contribution in [3.05, 3.63) is 53.3 Å². The summed E-state index contributed by atoms with van der Waals surface area (Å²) in [5.41, 5.74) is 0.270. The number of fused-ring (bicyclic) bond motifs is 1. The molecule has 0 radical (unpaired) electrons. The molecule has 0 unspecified atom stereocenters. The molecule has 1 spiro atoms. The number of anilines is 1. The van der Waals surface area contributed by atoms with Crippen LogP contribution in [-0.2, 0) is 0 Å². The van der Waals surface area contributed by atoms with Crippen LogP contribution in [0.15, 0.2) is 36.4 Å². The number of carbonyl (C=O) groups excluding carboxylic acids is 1. The molecule has 6 heteroatoms. The van der Waals surface area contributed by atoms with Gasteiger partial charge in [0.1, 0.15) is 29.0 Å². The molecule has 2 aliphatic rings. The average molecular weight is 324 g/mol. The second-order valence-electron chi connectivity index (χ2n) is 6.13. The molecule has 0 saturated heterocycles. The molecule has 0 aromatic heterocycles. The molecule has 1 aliphatic heterocycles. The standard InChI is InChI=1S/C18H13FN2O3/c19-13-2-4-16-14(8-13)21(10-18(24-16)5-6-18)17(23)11-1-3-15(22)12(7-11)9-20/h1-4,7-8,22H,5-6,10H2. The molecule has 120 valence electrons. The third-order valence-electron chi connectivity index (χ3n) is 4.40. The molecule has 0 atom stereocenters. The highest BCUT2D eigenvalue weighted by atomic mass is 19.1. The van der Waals surface area contributed by atoms with Gasteiger partial charge in [-0.2, -0.15) is 5.26 Å². The van der Waals surface area contributed by atoms with E-state index < -0.39 is 11.4 Å². The van der Waals surface area contributed by atoms with Gasteiger partial charge >= 0.3 is 0 Å². The van der Waals surface area contributed by atoms with Gasteiger partial charge in [-0.3, -0.25) is 4.79 Å². The second-order valence-corrected chi connectivity index (χ2v) is 6.13. The van der Waals surface area contributed by atoms with Crippen molar-refractivity contribution in [2.45, 2.75) is 18.4 Å². The molecule has 24 heavy (non-hydrogen) atoms. The quantitative estimate of drug-likeness (QED) is 0.875. The Labute approximate surface area is 137 Å². The van der Waals surface area contributed by atoms with Crippen molar-refractivity contribution >= 4 is 11.6 Å². The lowest BCUT2D eigenvalue weighted by molar-refractivity contribution is 0.0943. The second kappa shape index (κ2) is 4.96. The van der Waals surface area contributed by atoms with Crippen LogP contribution in [0.3, 0.4) is 0 Å². The third kappa shape index (κ3) is 2.26. The number of benzene rings is 2. The van der Waals surface area contributed by atoms with E-state index in [4.69, 9.17) is 10.00 Å². The van der Waals surface area contributed by atoms with Gasteiger partial charge in [0, 0.05) is 11.6 Å². The SMILES string of the molecule is N#Cc1cc(C(=O)N2CC3(CC3)Oc3ccc(F)cc32)ccc1O. The number of hydrogen-bond donors (Lipinski definition) is 1. The fourth-order valence-electron chi connectivity index (χ4n) is 2.92. The molecule has 1 fully saturated rings. The summed E-state index contributed by atoms with van der Waals surface area (Å²) in [6.45, 7) is 0.338. The third-order valence-corrected chi connectivity index (χ3v) is 4.40. The Morgan fingerprint density at radius 3 is 2.79 bits per heavy atom. The summed E-state index contributed by atoms with van der Waals surface area (Å²) >= 11 is 0. The number of nitriles is 1. The number of phenols is 1. The van der Waals surface area contributed by atoms with E-state index in [1.807, 2.05) is 6.07 Å². The van der Waals surface area contributed by atoms with E-state index in [0.29, 0.717) is 18.0 Å². The fraction of sp³-hybridized carbons (Fsp3) is 0.222. The van der Waals surface area contributed by atoms with E-state index in [2.05, 4.69) is 0 Å². The highest BCUT2D eigenvalue weighted by Gasteiger charge is 2.51. The molecule has 2 aromatic rings. The number of halogens is 1. The van der Waals surface area contributed by atoms with E-state index in [1.54, 1.807) is 0 Å². The average Bonchev–Trinajstić information content (AvgIpc) is 3.33. The van der Waals surface area contributed by atoms with Crippen LogP contribution in [0.5, 0.6) is 11.5 Å². The Balaban J connectivity index is 1.77. The minimum absolute atomic E-state index is 0.0229. The molecule has 1 aliphatic carbocycles. The first-order chi connectivity index (χ1) is 11.5. The maximum Gasteiger partial charge on any atom is 0.258 e. The highest BCUT2D eigenvalue weighted by Crippen LogP contribution is 2.48. The summed E-state index contributed by atoms with van der Waals surface area (Å²) < 4.78 is 19.6. The number of ether oxygens (including phenoxy) is 1. The molecule has 1 N–H and O–H groups in total. The maximum absolute atomic E-state index is 13.6. The van der Waals surface area contributed by atoms with Crippen molar-refractivity contribution in [1.82, 2.24) is 0 Å². The normalized spacial score (nSPS) is 16.9. The predicted molar refractivity (Wildman–Crippen MR) is 83.5 cm³/mol. The van der Waals surface area contributed by atoms with Gasteiger partial charge in [0.15, 0.2) is 0 Å². The van der Waals surface area contributed by atoms with Gasteiger partial charge in [-0.25, -0.2) is 4.39 Å². The van der Waals surface area contributed by atoms with Crippen molar-refractivity contribution in [3.63, 3.8) is 0 Å².